The van der Waals surface area contributed by atoms with Gasteiger partial charge in [-0.05, 0) is 51.8 Å². The van der Waals surface area contributed by atoms with Crippen LogP contribution in [0.5, 0.6) is 5.75 Å². The molecule has 0 aliphatic carbocycles. The van der Waals surface area contributed by atoms with E-state index in [1.54, 1.807) is 54.7 Å². The van der Waals surface area contributed by atoms with Crippen LogP contribution in [-0.2, 0) is 16.6 Å². The maximum atomic E-state index is 12.9. The smallest absolute Gasteiger partial charge is 0.268 e. The van der Waals surface area contributed by atoms with Crippen LogP contribution in [0.3, 0.4) is 0 Å². The zero-order valence-corrected chi connectivity index (χ0v) is 16.7. The van der Waals surface area contributed by atoms with Crippen LogP contribution in [-0.4, -0.2) is 12.4 Å². The number of nitrogens with zero attached hydrogens (tertiary/aromatic N) is 1. The van der Waals surface area contributed by atoms with Crippen LogP contribution >= 0.6 is 15.9 Å². The summed E-state index contributed by atoms with van der Waals surface area (Å²) >= 11 is 3.56. The molecule has 0 radical (unpaired) electrons. The van der Waals surface area contributed by atoms with E-state index in [4.69, 9.17) is 4.74 Å². The molecule has 3 aromatic carbocycles. The molecule has 1 heterocycles. The van der Waals surface area contributed by atoms with E-state index in [-0.39, 0.29) is 4.90 Å². The fraction of sp³-hybridized carbons (Fsp3) is 0.0476. The van der Waals surface area contributed by atoms with E-state index < -0.39 is 10.0 Å². The predicted molar refractivity (Wildman–Crippen MR) is 109 cm³/mol. The first-order chi connectivity index (χ1) is 13.1. The molecule has 27 heavy (non-hydrogen) atoms. The molecule has 0 N–H and O–H groups in total. The standard InChI is InChI=1S/C21H16BrNO3S/c22-21-18-13-14-23(27(24,25)17-9-5-2-6-10-17)19(18)11-12-20(21)26-15-16-7-3-1-4-8-16/h1-14H,15H2. The van der Waals surface area contributed by atoms with Crippen LogP contribution < -0.4 is 4.74 Å². The lowest BCUT2D eigenvalue weighted by Crippen LogP contribution is -2.11. The second-order valence-corrected chi connectivity index (χ2v) is 8.62. The van der Waals surface area contributed by atoms with E-state index in [1.807, 2.05) is 30.3 Å². The first-order valence-electron chi connectivity index (χ1n) is 8.34. The lowest BCUT2D eigenvalue weighted by atomic mass is 10.2. The van der Waals surface area contributed by atoms with Crippen LogP contribution in [0.15, 0.2) is 94.4 Å². The van der Waals surface area contributed by atoms with E-state index in [1.165, 1.54) is 3.97 Å². The van der Waals surface area contributed by atoms with Gasteiger partial charge >= 0.3 is 0 Å². The van der Waals surface area contributed by atoms with Gasteiger partial charge in [0.2, 0.25) is 0 Å². The summed E-state index contributed by atoms with van der Waals surface area (Å²) in [5.74, 6) is 0.668. The third-order valence-electron chi connectivity index (χ3n) is 4.27. The van der Waals surface area contributed by atoms with E-state index in [0.29, 0.717) is 17.9 Å². The highest BCUT2D eigenvalue weighted by molar-refractivity contribution is 9.10. The molecule has 0 unspecified atom stereocenters. The van der Waals surface area contributed by atoms with Gasteiger partial charge in [0.05, 0.1) is 14.9 Å². The van der Waals surface area contributed by atoms with E-state index >= 15 is 0 Å². The van der Waals surface area contributed by atoms with Crippen molar-refractivity contribution in [2.75, 3.05) is 0 Å². The molecule has 4 nitrogen and oxygen atoms in total. The second kappa shape index (κ2) is 7.21. The van der Waals surface area contributed by atoms with Gasteiger partial charge in [-0.3, -0.25) is 0 Å². The monoisotopic (exact) mass is 441 g/mol. The summed E-state index contributed by atoms with van der Waals surface area (Å²) in [7, 11) is -3.65. The molecular formula is C21H16BrNO3S. The zero-order chi connectivity index (χ0) is 18.9. The van der Waals surface area contributed by atoms with Crippen LogP contribution in [0.4, 0.5) is 0 Å². The summed E-state index contributed by atoms with van der Waals surface area (Å²) < 4.78 is 33.8. The maximum absolute atomic E-state index is 12.9. The van der Waals surface area contributed by atoms with Crippen molar-refractivity contribution in [3.8, 4) is 5.75 Å². The van der Waals surface area contributed by atoms with Crippen molar-refractivity contribution in [3.05, 3.63) is 95.1 Å². The minimum atomic E-state index is -3.65. The Morgan fingerprint density at radius 2 is 1.52 bits per heavy atom. The average Bonchev–Trinajstić information content (AvgIpc) is 3.15. The van der Waals surface area contributed by atoms with Gasteiger partial charge in [0.1, 0.15) is 12.4 Å². The Labute approximate surface area is 166 Å². The van der Waals surface area contributed by atoms with Crippen molar-refractivity contribution in [1.82, 2.24) is 3.97 Å². The number of hydrogen-bond donors (Lipinski definition) is 0. The molecule has 0 fully saturated rings. The van der Waals surface area contributed by atoms with Crippen molar-refractivity contribution < 1.29 is 13.2 Å². The average molecular weight is 442 g/mol. The molecule has 0 saturated heterocycles. The first-order valence-corrected chi connectivity index (χ1v) is 10.6. The normalized spacial score (nSPS) is 11.6. The third-order valence-corrected chi connectivity index (χ3v) is 6.79. The molecule has 0 aliphatic rings. The van der Waals surface area contributed by atoms with Crippen molar-refractivity contribution in [2.45, 2.75) is 11.5 Å². The summed E-state index contributed by atoms with van der Waals surface area (Å²) in [6, 6.07) is 23.6. The van der Waals surface area contributed by atoms with Gasteiger partial charge in [-0.25, -0.2) is 12.4 Å². The van der Waals surface area contributed by atoms with Crippen molar-refractivity contribution >= 4 is 36.9 Å². The Balaban J connectivity index is 1.70. The number of fused-ring (bicyclic) bond motifs is 1. The summed E-state index contributed by atoms with van der Waals surface area (Å²) in [5.41, 5.74) is 1.66. The number of ether oxygens (including phenoxy) is 1. The van der Waals surface area contributed by atoms with Gasteiger partial charge in [-0.15, -0.1) is 0 Å². The lowest BCUT2D eigenvalue weighted by molar-refractivity contribution is 0.305. The minimum absolute atomic E-state index is 0.253. The summed E-state index contributed by atoms with van der Waals surface area (Å²) in [6.45, 7) is 0.438. The maximum Gasteiger partial charge on any atom is 0.268 e. The Morgan fingerprint density at radius 1 is 0.852 bits per heavy atom. The molecule has 0 amide bonds. The molecule has 136 valence electrons. The molecule has 0 saturated carbocycles. The van der Waals surface area contributed by atoms with Crippen LogP contribution in [0, 0.1) is 0 Å². The molecule has 0 atom stereocenters. The number of hydrogen-bond acceptors (Lipinski definition) is 3. The molecule has 0 spiro atoms. The lowest BCUT2D eigenvalue weighted by Gasteiger charge is -2.11. The summed E-state index contributed by atoms with van der Waals surface area (Å²) in [6.07, 6.45) is 1.57. The summed E-state index contributed by atoms with van der Waals surface area (Å²) in [4.78, 5) is 0.253. The SMILES string of the molecule is O=S(=O)(c1ccccc1)n1ccc2c(Br)c(OCc3ccccc3)ccc21. The highest BCUT2D eigenvalue weighted by atomic mass is 79.9. The first kappa shape index (κ1) is 17.8. The minimum Gasteiger partial charge on any atom is -0.488 e. The molecule has 6 heteroatoms. The van der Waals surface area contributed by atoms with Gasteiger partial charge in [0.15, 0.2) is 0 Å². The predicted octanol–water partition coefficient (Wildman–Crippen LogP) is 5.22. The van der Waals surface area contributed by atoms with Gasteiger partial charge in [-0.1, -0.05) is 48.5 Å². The van der Waals surface area contributed by atoms with E-state index in [9.17, 15) is 8.42 Å². The highest BCUT2D eigenvalue weighted by Gasteiger charge is 2.20. The van der Waals surface area contributed by atoms with Gasteiger partial charge < -0.3 is 4.74 Å². The molecule has 0 bridgehead atoms. The highest BCUT2D eigenvalue weighted by Crippen LogP contribution is 2.35. The fourth-order valence-electron chi connectivity index (χ4n) is 2.90. The number of aromatic nitrogens is 1. The topological polar surface area (TPSA) is 48.3 Å². The van der Waals surface area contributed by atoms with Crippen LogP contribution in [0.2, 0.25) is 0 Å². The van der Waals surface area contributed by atoms with Crippen molar-refractivity contribution in [2.24, 2.45) is 0 Å². The zero-order valence-electron chi connectivity index (χ0n) is 14.2. The van der Waals surface area contributed by atoms with Gasteiger partial charge in [-0.2, -0.15) is 0 Å². The molecule has 1 aromatic heterocycles. The Bertz CT molecular complexity index is 1190. The fourth-order valence-corrected chi connectivity index (χ4v) is 4.85. The Hall–Kier alpha value is -2.57. The Morgan fingerprint density at radius 3 is 2.22 bits per heavy atom. The van der Waals surface area contributed by atoms with E-state index in [0.717, 1.165) is 15.4 Å². The largest absolute Gasteiger partial charge is 0.488 e. The summed E-state index contributed by atoms with van der Waals surface area (Å²) in [5, 5.41) is 0.778. The molecule has 4 aromatic rings. The number of rotatable bonds is 5. The number of halogens is 1. The Kier molecular flexibility index (Phi) is 4.76. The van der Waals surface area contributed by atoms with Crippen LogP contribution in [0.25, 0.3) is 10.9 Å². The molecular weight excluding hydrogens is 426 g/mol. The van der Waals surface area contributed by atoms with Gasteiger partial charge in [0, 0.05) is 11.6 Å². The van der Waals surface area contributed by atoms with Crippen LogP contribution in [0.1, 0.15) is 5.56 Å². The molecule has 4 rings (SSSR count). The molecule has 0 aliphatic heterocycles. The van der Waals surface area contributed by atoms with E-state index in [2.05, 4.69) is 15.9 Å². The second-order valence-electron chi connectivity index (χ2n) is 6.01. The quantitative estimate of drug-likeness (QED) is 0.426. The number of benzene rings is 3. The van der Waals surface area contributed by atoms with Crippen molar-refractivity contribution in [1.29, 1.82) is 0 Å². The third kappa shape index (κ3) is 3.38. The van der Waals surface area contributed by atoms with Gasteiger partial charge in [0.25, 0.3) is 10.0 Å². The van der Waals surface area contributed by atoms with Crippen molar-refractivity contribution in [3.63, 3.8) is 0 Å².